The Morgan fingerprint density at radius 2 is 2.14 bits per heavy atom. The number of hydrogen-bond donors (Lipinski definition) is 1. The molecule has 0 radical (unpaired) electrons. The molecule has 1 amide bonds. The van der Waals surface area contributed by atoms with Gasteiger partial charge in [-0.05, 0) is 63.1 Å². The van der Waals surface area contributed by atoms with Crippen LogP contribution in [0.25, 0.3) is 0 Å². The van der Waals surface area contributed by atoms with Gasteiger partial charge in [0.25, 0.3) is 11.6 Å². The van der Waals surface area contributed by atoms with E-state index < -0.39 is 10.8 Å². The molecule has 0 aliphatic rings. The number of hydrogen-bond acceptors (Lipinski definition) is 4. The van der Waals surface area contributed by atoms with Crippen LogP contribution >= 0.6 is 38.5 Å². The summed E-state index contributed by atoms with van der Waals surface area (Å²) in [6.07, 6.45) is 1.51. The number of halogens is 2. The fourth-order valence-electron chi connectivity index (χ4n) is 1.63. The molecule has 108 valence electrons. The monoisotopic (exact) mass is 461 g/mol. The standard InChI is InChI=1S/C13H9BrIN3O3/c1-7-4-8(6-16-12(7)14)17-13(19)10-5-9(18(20)21)2-3-11(10)15/h2-6H,1H3,(H,17,19). The summed E-state index contributed by atoms with van der Waals surface area (Å²) >= 11 is 5.24. The number of nitrogens with one attached hydrogen (secondary N) is 1. The highest BCUT2D eigenvalue weighted by Crippen LogP contribution is 2.22. The van der Waals surface area contributed by atoms with Crippen LogP contribution in [0.3, 0.4) is 0 Å². The number of rotatable bonds is 3. The van der Waals surface area contributed by atoms with Crippen molar-refractivity contribution in [2.75, 3.05) is 5.32 Å². The predicted molar refractivity (Wildman–Crippen MR) is 90.4 cm³/mol. The van der Waals surface area contributed by atoms with Gasteiger partial charge in [0, 0.05) is 15.7 Å². The molecule has 6 nitrogen and oxygen atoms in total. The van der Waals surface area contributed by atoms with Gasteiger partial charge < -0.3 is 5.32 Å². The van der Waals surface area contributed by atoms with Crippen LogP contribution in [0.15, 0.2) is 35.1 Å². The van der Waals surface area contributed by atoms with E-state index in [-0.39, 0.29) is 11.3 Å². The summed E-state index contributed by atoms with van der Waals surface area (Å²) in [5.41, 5.74) is 1.54. The van der Waals surface area contributed by atoms with Gasteiger partial charge in [-0.2, -0.15) is 0 Å². The highest BCUT2D eigenvalue weighted by atomic mass is 127. The van der Waals surface area contributed by atoms with Crippen molar-refractivity contribution in [1.82, 2.24) is 4.98 Å². The number of benzene rings is 1. The molecule has 2 rings (SSSR count). The lowest BCUT2D eigenvalue weighted by Gasteiger charge is -2.08. The second kappa shape index (κ2) is 6.48. The molecule has 0 atom stereocenters. The fourth-order valence-corrected chi connectivity index (χ4v) is 2.42. The molecule has 8 heteroatoms. The van der Waals surface area contributed by atoms with E-state index >= 15 is 0 Å². The Bertz CT molecular complexity index is 737. The summed E-state index contributed by atoms with van der Waals surface area (Å²) < 4.78 is 1.34. The largest absolute Gasteiger partial charge is 0.321 e. The van der Waals surface area contributed by atoms with Crippen LogP contribution in [0.5, 0.6) is 0 Å². The first kappa shape index (κ1) is 15.8. The molecule has 1 aromatic heterocycles. The maximum absolute atomic E-state index is 12.2. The zero-order valence-corrected chi connectivity index (χ0v) is 14.5. The van der Waals surface area contributed by atoms with E-state index in [1.165, 1.54) is 18.3 Å². The van der Waals surface area contributed by atoms with E-state index in [4.69, 9.17) is 0 Å². The Kier molecular flexibility index (Phi) is 4.88. The quantitative estimate of drug-likeness (QED) is 0.325. The lowest BCUT2D eigenvalue weighted by atomic mass is 10.2. The minimum Gasteiger partial charge on any atom is -0.321 e. The minimum atomic E-state index is -0.530. The first-order chi connectivity index (χ1) is 9.88. The second-order valence-electron chi connectivity index (χ2n) is 4.21. The molecule has 0 unspecified atom stereocenters. The number of anilines is 1. The van der Waals surface area contributed by atoms with Crippen molar-refractivity contribution < 1.29 is 9.72 Å². The molecule has 21 heavy (non-hydrogen) atoms. The van der Waals surface area contributed by atoms with Crippen LogP contribution in [0, 0.1) is 20.6 Å². The molecule has 1 heterocycles. The Morgan fingerprint density at radius 3 is 2.76 bits per heavy atom. The van der Waals surface area contributed by atoms with Crippen molar-refractivity contribution in [3.8, 4) is 0 Å². The van der Waals surface area contributed by atoms with Gasteiger partial charge in [0.2, 0.25) is 0 Å². The maximum atomic E-state index is 12.2. The third-order valence-electron chi connectivity index (χ3n) is 2.68. The first-order valence-corrected chi connectivity index (χ1v) is 7.63. The van der Waals surface area contributed by atoms with E-state index in [2.05, 4.69) is 26.2 Å². The smallest absolute Gasteiger partial charge is 0.270 e. The summed E-state index contributed by atoms with van der Waals surface area (Å²) in [5, 5.41) is 13.5. The number of nitro groups is 1. The maximum Gasteiger partial charge on any atom is 0.270 e. The molecular formula is C13H9BrIN3O3. The van der Waals surface area contributed by atoms with Crippen molar-refractivity contribution >= 4 is 55.8 Å². The van der Waals surface area contributed by atoms with Crippen molar-refractivity contribution in [2.24, 2.45) is 0 Å². The number of nitro benzene ring substituents is 1. The molecule has 1 aromatic carbocycles. The van der Waals surface area contributed by atoms with Crippen molar-refractivity contribution in [3.05, 3.63) is 59.9 Å². The molecule has 2 aromatic rings. The molecule has 0 saturated carbocycles. The van der Waals surface area contributed by atoms with E-state index in [9.17, 15) is 14.9 Å². The number of pyridine rings is 1. The lowest BCUT2D eigenvalue weighted by Crippen LogP contribution is -2.14. The first-order valence-electron chi connectivity index (χ1n) is 5.76. The van der Waals surface area contributed by atoms with Crippen LogP contribution in [0.4, 0.5) is 11.4 Å². The van der Waals surface area contributed by atoms with Gasteiger partial charge in [-0.25, -0.2) is 4.98 Å². The summed E-state index contributed by atoms with van der Waals surface area (Å²) in [6.45, 7) is 1.85. The van der Waals surface area contributed by atoms with Gasteiger partial charge in [-0.15, -0.1) is 0 Å². The number of carbonyl (C=O) groups excluding carboxylic acids is 1. The summed E-state index contributed by atoms with van der Waals surface area (Å²) in [7, 11) is 0. The number of aromatic nitrogens is 1. The molecule has 0 spiro atoms. The SMILES string of the molecule is Cc1cc(NC(=O)c2cc([N+](=O)[O-])ccc2I)cnc1Br. The van der Waals surface area contributed by atoms with Gasteiger partial charge >= 0.3 is 0 Å². The molecule has 0 saturated heterocycles. The van der Waals surface area contributed by atoms with E-state index in [0.717, 1.165) is 5.56 Å². The average molecular weight is 462 g/mol. The molecular weight excluding hydrogens is 453 g/mol. The van der Waals surface area contributed by atoms with Crippen LogP contribution < -0.4 is 5.32 Å². The number of non-ortho nitro benzene ring substituents is 1. The molecule has 1 N–H and O–H groups in total. The normalized spacial score (nSPS) is 10.2. The Morgan fingerprint density at radius 1 is 1.43 bits per heavy atom. The Balaban J connectivity index is 2.29. The highest BCUT2D eigenvalue weighted by molar-refractivity contribution is 14.1. The van der Waals surface area contributed by atoms with Crippen LogP contribution in [-0.2, 0) is 0 Å². The van der Waals surface area contributed by atoms with Crippen LogP contribution in [-0.4, -0.2) is 15.8 Å². The van der Waals surface area contributed by atoms with Crippen molar-refractivity contribution in [1.29, 1.82) is 0 Å². The predicted octanol–water partition coefficient (Wildman–Crippen LogP) is 3.92. The number of amides is 1. The third kappa shape index (κ3) is 3.76. The van der Waals surface area contributed by atoms with Crippen LogP contribution in [0.1, 0.15) is 15.9 Å². The van der Waals surface area contributed by atoms with Crippen LogP contribution in [0.2, 0.25) is 0 Å². The van der Waals surface area contributed by atoms with Gasteiger partial charge in [-0.1, -0.05) is 0 Å². The van der Waals surface area contributed by atoms with Crippen molar-refractivity contribution in [3.63, 3.8) is 0 Å². The summed E-state index contributed by atoms with van der Waals surface area (Å²) in [5.74, 6) is -0.411. The second-order valence-corrected chi connectivity index (χ2v) is 6.12. The van der Waals surface area contributed by atoms with E-state index in [1.54, 1.807) is 12.1 Å². The van der Waals surface area contributed by atoms with Crippen molar-refractivity contribution in [2.45, 2.75) is 6.92 Å². The third-order valence-corrected chi connectivity index (χ3v) is 4.45. The topological polar surface area (TPSA) is 85.1 Å². The van der Waals surface area contributed by atoms with Gasteiger partial charge in [0.1, 0.15) is 4.60 Å². The summed E-state index contributed by atoms with van der Waals surface area (Å²) in [6, 6.07) is 5.93. The van der Waals surface area contributed by atoms with Gasteiger partial charge in [0.05, 0.1) is 22.4 Å². The van der Waals surface area contributed by atoms with E-state index in [1.807, 2.05) is 29.5 Å². The Hall–Kier alpha value is -1.55. The number of carbonyl (C=O) groups is 1. The van der Waals surface area contributed by atoms with Gasteiger partial charge in [-0.3, -0.25) is 14.9 Å². The highest BCUT2D eigenvalue weighted by Gasteiger charge is 2.16. The Labute approximate surface area is 142 Å². The molecule has 0 aliphatic carbocycles. The molecule has 0 bridgehead atoms. The molecule has 0 aliphatic heterocycles. The molecule has 0 fully saturated rings. The number of aryl methyl sites for hydroxylation is 1. The average Bonchev–Trinajstić information content (AvgIpc) is 2.43. The lowest BCUT2D eigenvalue weighted by molar-refractivity contribution is -0.384. The van der Waals surface area contributed by atoms with Gasteiger partial charge in [0.15, 0.2) is 0 Å². The zero-order chi connectivity index (χ0) is 15.6. The van der Waals surface area contributed by atoms with E-state index in [0.29, 0.717) is 13.9 Å². The number of nitrogens with zero attached hydrogens (tertiary/aromatic N) is 2. The zero-order valence-electron chi connectivity index (χ0n) is 10.8. The minimum absolute atomic E-state index is 0.120. The summed E-state index contributed by atoms with van der Waals surface area (Å²) in [4.78, 5) is 26.6. The fraction of sp³-hybridized carbons (Fsp3) is 0.0769.